The predicted molar refractivity (Wildman–Crippen MR) is 93.8 cm³/mol. The molecule has 0 fully saturated rings. The summed E-state index contributed by atoms with van der Waals surface area (Å²) in [5, 5.41) is 2.92. The summed E-state index contributed by atoms with van der Waals surface area (Å²) in [6, 6.07) is 24.9. The molecule has 0 saturated heterocycles. The van der Waals surface area contributed by atoms with Crippen LogP contribution in [0.4, 0.5) is 16.2 Å². The maximum absolute atomic E-state index is 12.4. The molecule has 3 aromatic carbocycles. The zero-order valence-corrected chi connectivity index (χ0v) is 13.0. The average molecular weight is 316 g/mol. The van der Waals surface area contributed by atoms with E-state index in [1.54, 1.807) is 4.90 Å². The minimum absolute atomic E-state index is 0.134. The van der Waals surface area contributed by atoms with Gasteiger partial charge in [-0.2, -0.15) is 0 Å². The van der Waals surface area contributed by atoms with Gasteiger partial charge in [0.15, 0.2) is 0 Å². The normalized spacial score (nSPS) is 13.2. The van der Waals surface area contributed by atoms with Crippen molar-refractivity contribution in [2.75, 3.05) is 4.90 Å². The van der Waals surface area contributed by atoms with E-state index in [1.807, 2.05) is 78.9 Å². The number of benzene rings is 3. The Labute approximate surface area is 140 Å². The smallest absolute Gasteiger partial charge is 0.326 e. The van der Waals surface area contributed by atoms with Gasteiger partial charge in [-0.25, -0.2) is 4.79 Å². The Hall–Kier alpha value is -3.27. The molecule has 0 radical (unpaired) electrons. The molecular weight excluding hydrogens is 300 g/mol. The van der Waals surface area contributed by atoms with Crippen LogP contribution in [-0.2, 0) is 6.54 Å². The highest BCUT2D eigenvalue weighted by atomic mass is 16.5. The number of hydrogen-bond acceptors (Lipinski definition) is 2. The van der Waals surface area contributed by atoms with Crippen molar-refractivity contribution in [3.63, 3.8) is 0 Å². The fraction of sp³-hybridized carbons (Fsp3) is 0.0500. The molecule has 0 aliphatic carbocycles. The van der Waals surface area contributed by atoms with Crippen molar-refractivity contribution in [2.45, 2.75) is 6.54 Å². The average Bonchev–Trinajstić information content (AvgIpc) is 2.63. The van der Waals surface area contributed by atoms with Crippen LogP contribution in [0.5, 0.6) is 11.5 Å². The Balaban J connectivity index is 1.77. The SMILES string of the molecule is O=C1NCc2c(Oc3ccccc3)cccc2N1c1ccccc1. The van der Waals surface area contributed by atoms with Crippen molar-refractivity contribution < 1.29 is 9.53 Å². The molecule has 0 aromatic heterocycles. The van der Waals surface area contributed by atoms with Gasteiger partial charge >= 0.3 is 6.03 Å². The first-order valence-corrected chi connectivity index (χ1v) is 7.81. The summed E-state index contributed by atoms with van der Waals surface area (Å²) < 4.78 is 6.02. The Morgan fingerprint density at radius 1 is 0.833 bits per heavy atom. The van der Waals surface area contributed by atoms with Crippen LogP contribution in [0.3, 0.4) is 0 Å². The fourth-order valence-corrected chi connectivity index (χ4v) is 2.84. The highest BCUT2D eigenvalue weighted by Crippen LogP contribution is 2.38. The molecular formula is C20H16N2O2. The second-order valence-corrected chi connectivity index (χ2v) is 5.50. The quantitative estimate of drug-likeness (QED) is 0.751. The summed E-state index contributed by atoms with van der Waals surface area (Å²) in [4.78, 5) is 14.1. The molecule has 1 heterocycles. The maximum Gasteiger partial charge on any atom is 0.326 e. The van der Waals surface area contributed by atoms with Gasteiger partial charge < -0.3 is 10.1 Å². The molecule has 0 atom stereocenters. The van der Waals surface area contributed by atoms with Crippen LogP contribution in [0.1, 0.15) is 5.56 Å². The molecule has 3 aromatic rings. The third kappa shape index (κ3) is 2.58. The van der Waals surface area contributed by atoms with Crippen LogP contribution in [0.2, 0.25) is 0 Å². The van der Waals surface area contributed by atoms with Crippen molar-refractivity contribution >= 4 is 17.4 Å². The largest absolute Gasteiger partial charge is 0.457 e. The van der Waals surface area contributed by atoms with E-state index in [9.17, 15) is 4.79 Å². The lowest BCUT2D eigenvalue weighted by Crippen LogP contribution is -2.41. The molecule has 1 N–H and O–H groups in total. The van der Waals surface area contributed by atoms with Gasteiger partial charge in [0.1, 0.15) is 11.5 Å². The molecule has 1 aliphatic rings. The van der Waals surface area contributed by atoms with Crippen LogP contribution in [0.15, 0.2) is 78.9 Å². The highest BCUT2D eigenvalue weighted by molar-refractivity contribution is 6.02. The lowest BCUT2D eigenvalue weighted by molar-refractivity contribution is 0.247. The zero-order chi connectivity index (χ0) is 16.4. The number of ether oxygens (including phenoxy) is 1. The number of urea groups is 1. The van der Waals surface area contributed by atoms with Crippen LogP contribution in [0, 0.1) is 0 Å². The summed E-state index contributed by atoms with van der Waals surface area (Å²) in [5.74, 6) is 1.52. The van der Waals surface area contributed by atoms with E-state index >= 15 is 0 Å². The molecule has 24 heavy (non-hydrogen) atoms. The van der Waals surface area contributed by atoms with E-state index in [1.165, 1.54) is 0 Å². The zero-order valence-electron chi connectivity index (χ0n) is 13.0. The lowest BCUT2D eigenvalue weighted by atomic mass is 10.1. The first-order valence-electron chi connectivity index (χ1n) is 7.81. The van der Waals surface area contributed by atoms with Gasteiger partial charge in [-0.3, -0.25) is 4.90 Å². The van der Waals surface area contributed by atoms with Crippen molar-refractivity contribution in [3.8, 4) is 11.5 Å². The molecule has 0 spiro atoms. The highest BCUT2D eigenvalue weighted by Gasteiger charge is 2.27. The molecule has 1 aliphatic heterocycles. The number of nitrogens with zero attached hydrogens (tertiary/aromatic N) is 1. The molecule has 4 nitrogen and oxygen atoms in total. The minimum Gasteiger partial charge on any atom is -0.457 e. The van der Waals surface area contributed by atoms with Crippen molar-refractivity contribution in [2.24, 2.45) is 0 Å². The summed E-state index contributed by atoms with van der Waals surface area (Å²) >= 11 is 0. The van der Waals surface area contributed by atoms with Gasteiger partial charge in [0.25, 0.3) is 0 Å². The van der Waals surface area contributed by atoms with Crippen molar-refractivity contribution in [1.82, 2.24) is 5.32 Å². The Bertz CT molecular complexity index is 863. The maximum atomic E-state index is 12.4. The van der Waals surface area contributed by atoms with Gasteiger partial charge in [0, 0.05) is 5.56 Å². The van der Waals surface area contributed by atoms with Crippen LogP contribution in [0.25, 0.3) is 0 Å². The standard InChI is InChI=1S/C20H16N2O2/c23-20-21-14-17-18(22(20)15-8-3-1-4-9-15)12-7-13-19(17)24-16-10-5-2-6-11-16/h1-13H,14H2,(H,21,23). The van der Waals surface area contributed by atoms with E-state index in [-0.39, 0.29) is 6.03 Å². The molecule has 0 bridgehead atoms. The van der Waals surface area contributed by atoms with E-state index in [4.69, 9.17) is 4.74 Å². The third-order valence-electron chi connectivity index (χ3n) is 3.95. The topological polar surface area (TPSA) is 41.6 Å². The summed E-state index contributed by atoms with van der Waals surface area (Å²) in [6.45, 7) is 0.445. The Morgan fingerprint density at radius 2 is 1.54 bits per heavy atom. The number of anilines is 2. The first kappa shape index (κ1) is 14.3. The van der Waals surface area contributed by atoms with Gasteiger partial charge in [-0.1, -0.05) is 42.5 Å². The van der Waals surface area contributed by atoms with Crippen molar-refractivity contribution in [3.05, 3.63) is 84.4 Å². The van der Waals surface area contributed by atoms with Gasteiger partial charge in [0.2, 0.25) is 0 Å². The van der Waals surface area contributed by atoms with E-state index < -0.39 is 0 Å². The van der Waals surface area contributed by atoms with Crippen LogP contribution < -0.4 is 15.0 Å². The molecule has 4 heteroatoms. The number of carbonyl (C=O) groups is 1. The van der Waals surface area contributed by atoms with E-state index in [2.05, 4.69) is 5.32 Å². The number of para-hydroxylation sites is 2. The molecule has 4 rings (SSSR count). The predicted octanol–water partition coefficient (Wildman–Crippen LogP) is 4.84. The third-order valence-corrected chi connectivity index (χ3v) is 3.95. The number of amides is 2. The van der Waals surface area contributed by atoms with Gasteiger partial charge in [0.05, 0.1) is 17.9 Å². The van der Waals surface area contributed by atoms with E-state index in [0.717, 1.165) is 28.4 Å². The summed E-state index contributed by atoms with van der Waals surface area (Å²) in [6.07, 6.45) is 0. The second-order valence-electron chi connectivity index (χ2n) is 5.50. The fourth-order valence-electron chi connectivity index (χ4n) is 2.84. The number of nitrogens with one attached hydrogen (secondary N) is 1. The molecule has 0 saturated carbocycles. The van der Waals surface area contributed by atoms with E-state index in [0.29, 0.717) is 6.54 Å². The number of hydrogen-bond donors (Lipinski definition) is 1. The van der Waals surface area contributed by atoms with Crippen LogP contribution in [-0.4, -0.2) is 6.03 Å². The van der Waals surface area contributed by atoms with Crippen LogP contribution >= 0.6 is 0 Å². The minimum atomic E-state index is -0.134. The monoisotopic (exact) mass is 316 g/mol. The Kier molecular flexibility index (Phi) is 3.63. The lowest BCUT2D eigenvalue weighted by Gasteiger charge is -2.31. The summed E-state index contributed by atoms with van der Waals surface area (Å²) in [7, 11) is 0. The Morgan fingerprint density at radius 3 is 2.29 bits per heavy atom. The van der Waals surface area contributed by atoms with Crippen molar-refractivity contribution in [1.29, 1.82) is 0 Å². The second kappa shape index (κ2) is 6.08. The number of fused-ring (bicyclic) bond motifs is 1. The molecule has 2 amide bonds. The van der Waals surface area contributed by atoms with Gasteiger partial charge in [-0.15, -0.1) is 0 Å². The summed E-state index contributed by atoms with van der Waals surface area (Å²) in [5.41, 5.74) is 2.64. The molecule has 118 valence electrons. The number of carbonyl (C=O) groups excluding carboxylic acids is 1. The first-order chi connectivity index (χ1) is 11.8. The number of rotatable bonds is 3. The molecule has 0 unspecified atom stereocenters. The van der Waals surface area contributed by atoms with Gasteiger partial charge in [-0.05, 0) is 36.4 Å².